The molecule has 2 rings (SSSR count). The van der Waals surface area contributed by atoms with Gasteiger partial charge in [-0.15, -0.1) is 11.8 Å². The van der Waals surface area contributed by atoms with Crippen molar-refractivity contribution < 1.29 is 24.2 Å². The minimum absolute atomic E-state index is 0.0598. The molecule has 7 heteroatoms. The Balaban J connectivity index is 1.90. The minimum Gasteiger partial charge on any atom is -0.497 e. The van der Waals surface area contributed by atoms with Gasteiger partial charge in [0, 0.05) is 11.4 Å². The number of aliphatic carboxylic acids is 1. The topological polar surface area (TPSA) is 76.1 Å². The highest BCUT2D eigenvalue weighted by atomic mass is 32.2. The molecular formula is C15H19NO5S. The Morgan fingerprint density at radius 2 is 2.14 bits per heavy atom. The zero-order chi connectivity index (χ0) is 15.9. The molecule has 1 aromatic rings. The molecule has 0 spiro atoms. The van der Waals surface area contributed by atoms with Crippen molar-refractivity contribution in [3.63, 3.8) is 0 Å². The molecule has 0 bridgehead atoms. The Hall–Kier alpha value is -1.73. The van der Waals surface area contributed by atoms with Crippen molar-refractivity contribution in [2.45, 2.75) is 17.4 Å². The van der Waals surface area contributed by atoms with E-state index in [0.29, 0.717) is 13.2 Å². The van der Waals surface area contributed by atoms with Gasteiger partial charge in [0.2, 0.25) is 5.91 Å². The molecule has 22 heavy (non-hydrogen) atoms. The van der Waals surface area contributed by atoms with Crippen LogP contribution >= 0.6 is 11.8 Å². The maximum atomic E-state index is 12.3. The Bertz CT molecular complexity index is 519. The molecule has 1 N–H and O–H groups in total. The normalized spacial score (nSPS) is 18.0. The summed E-state index contributed by atoms with van der Waals surface area (Å²) in [6.07, 6.45) is -0.0844. The van der Waals surface area contributed by atoms with E-state index < -0.39 is 5.97 Å². The fourth-order valence-electron chi connectivity index (χ4n) is 2.25. The Kier molecular flexibility index (Phi) is 6.09. The molecule has 1 unspecified atom stereocenters. The minimum atomic E-state index is -0.920. The summed E-state index contributed by atoms with van der Waals surface area (Å²) in [7, 11) is 1.60. The van der Waals surface area contributed by atoms with Gasteiger partial charge in [-0.25, -0.2) is 0 Å². The largest absolute Gasteiger partial charge is 0.497 e. The van der Waals surface area contributed by atoms with Crippen LogP contribution in [0.5, 0.6) is 5.75 Å². The molecule has 0 aromatic heterocycles. The predicted octanol–water partition coefficient (Wildman–Crippen LogP) is 1.49. The van der Waals surface area contributed by atoms with Crippen molar-refractivity contribution in [3.8, 4) is 5.75 Å². The molecule has 1 atom stereocenters. The molecule has 120 valence electrons. The number of hydrogen-bond acceptors (Lipinski definition) is 5. The Labute approximate surface area is 133 Å². The van der Waals surface area contributed by atoms with E-state index >= 15 is 0 Å². The molecule has 6 nitrogen and oxygen atoms in total. The number of hydrogen-bond donors (Lipinski definition) is 1. The standard InChI is InChI=1S/C15H19NO5S/c1-20-12-2-4-13(5-3-12)22-10-14(17)16-6-7-21-9-11(16)8-15(18)19/h2-5,11H,6-10H2,1H3,(H,18,19). The number of thioether (sulfide) groups is 1. The van der Waals surface area contributed by atoms with Crippen LogP contribution in [0.2, 0.25) is 0 Å². The second-order valence-electron chi connectivity index (χ2n) is 4.88. The smallest absolute Gasteiger partial charge is 0.305 e. The van der Waals surface area contributed by atoms with Crippen molar-refractivity contribution >= 4 is 23.6 Å². The van der Waals surface area contributed by atoms with E-state index in [-0.39, 0.29) is 30.7 Å². The van der Waals surface area contributed by atoms with Gasteiger partial charge in [0.1, 0.15) is 5.75 Å². The van der Waals surface area contributed by atoms with E-state index in [2.05, 4.69) is 0 Å². The van der Waals surface area contributed by atoms with Gasteiger partial charge in [0.05, 0.1) is 38.5 Å². The third kappa shape index (κ3) is 4.64. The fourth-order valence-corrected chi connectivity index (χ4v) is 3.04. The van der Waals surface area contributed by atoms with Crippen LogP contribution in [0.25, 0.3) is 0 Å². The number of rotatable bonds is 6. The van der Waals surface area contributed by atoms with Gasteiger partial charge in [-0.05, 0) is 24.3 Å². The average Bonchev–Trinajstić information content (AvgIpc) is 2.53. The molecule has 0 radical (unpaired) electrons. The second kappa shape index (κ2) is 8.05. The van der Waals surface area contributed by atoms with Gasteiger partial charge in [0.25, 0.3) is 0 Å². The number of methoxy groups -OCH3 is 1. The quantitative estimate of drug-likeness (QED) is 0.799. The summed E-state index contributed by atoms with van der Waals surface area (Å²) in [5.74, 6) is 0.0690. The first-order valence-corrected chi connectivity index (χ1v) is 7.94. The maximum absolute atomic E-state index is 12.3. The molecule has 1 saturated heterocycles. The number of amides is 1. The maximum Gasteiger partial charge on any atom is 0.305 e. The lowest BCUT2D eigenvalue weighted by atomic mass is 10.1. The highest BCUT2D eigenvalue weighted by Gasteiger charge is 2.28. The van der Waals surface area contributed by atoms with Gasteiger partial charge >= 0.3 is 5.97 Å². The number of carbonyl (C=O) groups is 2. The molecule has 0 aliphatic carbocycles. The molecule has 1 aromatic carbocycles. The number of morpholine rings is 1. The summed E-state index contributed by atoms with van der Waals surface area (Å²) < 4.78 is 10.4. The summed E-state index contributed by atoms with van der Waals surface area (Å²) >= 11 is 1.43. The number of carboxylic acid groups (broad SMARTS) is 1. The summed E-state index contributed by atoms with van der Waals surface area (Å²) in [5.41, 5.74) is 0. The molecule has 1 fully saturated rings. The van der Waals surface area contributed by atoms with Crippen molar-refractivity contribution in [3.05, 3.63) is 24.3 Å². The van der Waals surface area contributed by atoms with Crippen LogP contribution in [-0.2, 0) is 14.3 Å². The van der Waals surface area contributed by atoms with Gasteiger partial charge in [-0.1, -0.05) is 0 Å². The highest BCUT2D eigenvalue weighted by Crippen LogP contribution is 2.22. The summed E-state index contributed by atoms with van der Waals surface area (Å²) in [4.78, 5) is 25.8. The van der Waals surface area contributed by atoms with Crippen LogP contribution in [0.4, 0.5) is 0 Å². The Morgan fingerprint density at radius 3 is 2.77 bits per heavy atom. The van der Waals surface area contributed by atoms with Crippen LogP contribution in [0.3, 0.4) is 0 Å². The van der Waals surface area contributed by atoms with Gasteiger partial charge < -0.3 is 19.5 Å². The molecular weight excluding hydrogens is 306 g/mol. The predicted molar refractivity (Wildman–Crippen MR) is 82.3 cm³/mol. The lowest BCUT2D eigenvalue weighted by molar-refractivity contribution is -0.144. The van der Waals surface area contributed by atoms with E-state index in [9.17, 15) is 9.59 Å². The first kappa shape index (κ1) is 16.6. The van der Waals surface area contributed by atoms with Gasteiger partial charge in [-0.2, -0.15) is 0 Å². The van der Waals surface area contributed by atoms with Crippen molar-refractivity contribution in [2.75, 3.05) is 32.6 Å². The zero-order valence-corrected chi connectivity index (χ0v) is 13.2. The molecule has 1 aliphatic rings. The third-order valence-electron chi connectivity index (χ3n) is 3.38. The number of carboxylic acids is 1. The van der Waals surface area contributed by atoms with Crippen LogP contribution in [0.1, 0.15) is 6.42 Å². The summed E-state index contributed by atoms with van der Waals surface area (Å²) in [6, 6.07) is 7.09. The van der Waals surface area contributed by atoms with E-state index in [0.717, 1.165) is 10.6 Å². The Morgan fingerprint density at radius 1 is 1.41 bits per heavy atom. The first-order chi connectivity index (χ1) is 10.6. The lowest BCUT2D eigenvalue weighted by Crippen LogP contribution is -2.50. The monoisotopic (exact) mass is 325 g/mol. The van der Waals surface area contributed by atoms with E-state index in [1.165, 1.54) is 11.8 Å². The third-order valence-corrected chi connectivity index (χ3v) is 4.38. The average molecular weight is 325 g/mol. The highest BCUT2D eigenvalue weighted by molar-refractivity contribution is 8.00. The molecule has 0 saturated carbocycles. The van der Waals surface area contributed by atoms with E-state index in [4.69, 9.17) is 14.6 Å². The van der Waals surface area contributed by atoms with E-state index in [1.807, 2.05) is 24.3 Å². The fraction of sp³-hybridized carbons (Fsp3) is 0.467. The van der Waals surface area contributed by atoms with Crippen LogP contribution in [0.15, 0.2) is 29.2 Å². The lowest BCUT2D eigenvalue weighted by Gasteiger charge is -2.34. The van der Waals surface area contributed by atoms with E-state index in [1.54, 1.807) is 12.0 Å². The zero-order valence-electron chi connectivity index (χ0n) is 12.4. The summed E-state index contributed by atoms with van der Waals surface area (Å²) in [5, 5.41) is 8.91. The van der Waals surface area contributed by atoms with Crippen LogP contribution in [0, 0.1) is 0 Å². The van der Waals surface area contributed by atoms with Crippen LogP contribution < -0.4 is 4.74 Å². The van der Waals surface area contributed by atoms with Gasteiger partial charge in [-0.3, -0.25) is 9.59 Å². The molecule has 1 aliphatic heterocycles. The molecule has 1 heterocycles. The van der Waals surface area contributed by atoms with Crippen LogP contribution in [-0.4, -0.2) is 60.5 Å². The van der Waals surface area contributed by atoms with Crippen molar-refractivity contribution in [1.29, 1.82) is 0 Å². The second-order valence-corrected chi connectivity index (χ2v) is 5.93. The van der Waals surface area contributed by atoms with Gasteiger partial charge in [0.15, 0.2) is 0 Å². The number of nitrogens with zero attached hydrogens (tertiary/aromatic N) is 1. The van der Waals surface area contributed by atoms with Crippen molar-refractivity contribution in [1.82, 2.24) is 4.90 Å². The number of benzene rings is 1. The van der Waals surface area contributed by atoms with Crippen molar-refractivity contribution in [2.24, 2.45) is 0 Å². The first-order valence-electron chi connectivity index (χ1n) is 6.96. The summed E-state index contributed by atoms with van der Waals surface area (Å²) in [6.45, 7) is 1.18. The number of carbonyl (C=O) groups excluding carboxylic acids is 1. The SMILES string of the molecule is COc1ccc(SCC(=O)N2CCOCC2CC(=O)O)cc1. The number of ether oxygens (including phenoxy) is 2. The molecule has 1 amide bonds.